The molecule has 0 aliphatic heterocycles. The normalized spacial score (nSPS) is 8.00. The molecule has 0 bridgehead atoms. The van der Waals surface area contributed by atoms with Gasteiger partial charge in [-0.25, -0.2) is 4.98 Å². The lowest BCUT2D eigenvalue weighted by Crippen LogP contribution is -1.85. The number of aromatic nitrogens is 1. The van der Waals surface area contributed by atoms with Gasteiger partial charge in [-0.2, -0.15) is 0 Å². The predicted octanol–water partition coefficient (Wildman–Crippen LogP) is 2.42. The third-order valence-corrected chi connectivity index (χ3v) is 1.09. The molecule has 0 saturated heterocycles. The summed E-state index contributed by atoms with van der Waals surface area (Å²) in [5.41, 5.74) is 1.15. The molecular weight excluding hydrogens is 138 g/mol. The number of hydrogen-bond donors (Lipinski definition) is 0. The van der Waals surface area contributed by atoms with Crippen molar-refractivity contribution in [2.45, 2.75) is 20.8 Å². The average Bonchev–Trinajstić information content (AvgIpc) is 2.10. The first-order valence-electron chi connectivity index (χ1n) is 3.79. The summed E-state index contributed by atoms with van der Waals surface area (Å²) >= 11 is 0. The highest BCUT2D eigenvalue weighted by Gasteiger charge is 1.87. The van der Waals surface area contributed by atoms with E-state index in [1.807, 2.05) is 32.9 Å². The molecule has 0 N–H and O–H groups in total. The van der Waals surface area contributed by atoms with Crippen molar-refractivity contribution in [2.75, 3.05) is 7.11 Å². The van der Waals surface area contributed by atoms with Crippen molar-refractivity contribution < 1.29 is 4.74 Å². The number of nitrogens with zero attached hydrogens (tertiary/aromatic N) is 1. The topological polar surface area (TPSA) is 22.1 Å². The molecule has 0 aromatic carbocycles. The van der Waals surface area contributed by atoms with Gasteiger partial charge in [-0.05, 0) is 12.5 Å². The van der Waals surface area contributed by atoms with E-state index in [2.05, 4.69) is 4.98 Å². The van der Waals surface area contributed by atoms with Crippen LogP contribution in [-0.4, -0.2) is 12.1 Å². The third-order valence-electron chi connectivity index (χ3n) is 1.09. The molecule has 0 spiro atoms. The van der Waals surface area contributed by atoms with Crippen LogP contribution in [0.4, 0.5) is 0 Å². The Hall–Kier alpha value is -1.05. The molecule has 1 heterocycles. The van der Waals surface area contributed by atoms with Crippen LogP contribution in [0, 0.1) is 6.92 Å². The zero-order valence-electron chi connectivity index (χ0n) is 7.59. The zero-order chi connectivity index (χ0) is 8.69. The first-order valence-corrected chi connectivity index (χ1v) is 3.79. The Balaban J connectivity index is 0.000000461. The minimum Gasteiger partial charge on any atom is -0.481 e. The van der Waals surface area contributed by atoms with E-state index in [-0.39, 0.29) is 0 Å². The summed E-state index contributed by atoms with van der Waals surface area (Å²) in [6.45, 7) is 5.99. The average molecular weight is 153 g/mol. The van der Waals surface area contributed by atoms with Crippen LogP contribution in [0.15, 0.2) is 18.3 Å². The SMILES string of the molecule is CC.COc1ccc(C)cn1. The van der Waals surface area contributed by atoms with Crippen molar-refractivity contribution in [2.24, 2.45) is 0 Å². The van der Waals surface area contributed by atoms with Gasteiger partial charge in [-0.1, -0.05) is 19.9 Å². The molecule has 0 unspecified atom stereocenters. The maximum Gasteiger partial charge on any atom is 0.212 e. The van der Waals surface area contributed by atoms with Crippen LogP contribution in [0.3, 0.4) is 0 Å². The van der Waals surface area contributed by atoms with E-state index in [4.69, 9.17) is 4.74 Å². The van der Waals surface area contributed by atoms with Crippen LogP contribution in [-0.2, 0) is 0 Å². The molecule has 1 aromatic rings. The van der Waals surface area contributed by atoms with Gasteiger partial charge in [0.15, 0.2) is 0 Å². The highest BCUT2D eigenvalue weighted by Crippen LogP contribution is 2.04. The van der Waals surface area contributed by atoms with E-state index in [0.29, 0.717) is 5.88 Å². The van der Waals surface area contributed by atoms with Gasteiger partial charge in [0.25, 0.3) is 0 Å². The van der Waals surface area contributed by atoms with Crippen LogP contribution in [0.1, 0.15) is 19.4 Å². The van der Waals surface area contributed by atoms with Crippen LogP contribution in [0.2, 0.25) is 0 Å². The van der Waals surface area contributed by atoms with Crippen molar-refractivity contribution in [1.29, 1.82) is 0 Å². The van der Waals surface area contributed by atoms with E-state index in [1.165, 1.54) is 0 Å². The minimum absolute atomic E-state index is 0.667. The first-order chi connectivity index (χ1) is 5.33. The van der Waals surface area contributed by atoms with Crippen molar-refractivity contribution in [3.05, 3.63) is 23.9 Å². The third kappa shape index (κ3) is 3.61. The molecule has 0 atom stereocenters. The summed E-state index contributed by atoms with van der Waals surface area (Å²) in [5.74, 6) is 0.667. The standard InChI is InChI=1S/C7H9NO.C2H6/c1-6-3-4-7(9-2)8-5-6;1-2/h3-5H,1-2H3;1-2H3. The zero-order valence-corrected chi connectivity index (χ0v) is 7.59. The molecule has 2 heteroatoms. The Kier molecular flexibility index (Phi) is 5.17. The van der Waals surface area contributed by atoms with E-state index < -0.39 is 0 Å². The van der Waals surface area contributed by atoms with Crippen LogP contribution >= 0.6 is 0 Å². The molecular formula is C9H15NO. The van der Waals surface area contributed by atoms with Crippen LogP contribution in [0.25, 0.3) is 0 Å². The molecule has 1 rings (SSSR count). The smallest absolute Gasteiger partial charge is 0.212 e. The Morgan fingerprint density at radius 1 is 1.27 bits per heavy atom. The molecule has 11 heavy (non-hydrogen) atoms. The Morgan fingerprint density at radius 2 is 1.91 bits per heavy atom. The number of pyridine rings is 1. The summed E-state index contributed by atoms with van der Waals surface area (Å²) in [5, 5.41) is 0. The van der Waals surface area contributed by atoms with Crippen LogP contribution in [0.5, 0.6) is 5.88 Å². The largest absolute Gasteiger partial charge is 0.481 e. The Morgan fingerprint density at radius 3 is 2.27 bits per heavy atom. The molecule has 1 aromatic heterocycles. The fraction of sp³-hybridized carbons (Fsp3) is 0.444. The van der Waals surface area contributed by atoms with E-state index in [0.717, 1.165) is 5.56 Å². The second kappa shape index (κ2) is 5.71. The minimum atomic E-state index is 0.667. The van der Waals surface area contributed by atoms with Gasteiger partial charge in [0.2, 0.25) is 5.88 Å². The molecule has 0 amide bonds. The van der Waals surface area contributed by atoms with E-state index in [9.17, 15) is 0 Å². The van der Waals surface area contributed by atoms with Crippen molar-refractivity contribution in [3.8, 4) is 5.88 Å². The summed E-state index contributed by atoms with van der Waals surface area (Å²) in [4.78, 5) is 3.97. The van der Waals surface area contributed by atoms with Gasteiger partial charge in [-0.15, -0.1) is 0 Å². The lowest BCUT2D eigenvalue weighted by molar-refractivity contribution is 0.397. The predicted molar refractivity (Wildman–Crippen MR) is 46.9 cm³/mol. The van der Waals surface area contributed by atoms with Gasteiger partial charge in [0.05, 0.1) is 7.11 Å². The van der Waals surface area contributed by atoms with Crippen molar-refractivity contribution in [3.63, 3.8) is 0 Å². The van der Waals surface area contributed by atoms with Gasteiger partial charge in [0, 0.05) is 12.3 Å². The number of methoxy groups -OCH3 is 1. The summed E-state index contributed by atoms with van der Waals surface area (Å²) in [6.07, 6.45) is 1.78. The number of rotatable bonds is 1. The summed E-state index contributed by atoms with van der Waals surface area (Å²) in [6, 6.07) is 3.81. The maximum absolute atomic E-state index is 4.86. The first kappa shape index (κ1) is 9.95. The monoisotopic (exact) mass is 153 g/mol. The number of hydrogen-bond acceptors (Lipinski definition) is 2. The van der Waals surface area contributed by atoms with Gasteiger partial charge >= 0.3 is 0 Å². The second-order valence-corrected chi connectivity index (χ2v) is 1.88. The number of ether oxygens (including phenoxy) is 1. The fourth-order valence-electron chi connectivity index (χ4n) is 0.575. The molecule has 0 fully saturated rings. The molecule has 0 aliphatic rings. The number of aryl methyl sites for hydroxylation is 1. The second-order valence-electron chi connectivity index (χ2n) is 1.88. The lowest BCUT2D eigenvalue weighted by Gasteiger charge is -1.95. The fourth-order valence-corrected chi connectivity index (χ4v) is 0.575. The quantitative estimate of drug-likeness (QED) is 0.618. The molecule has 62 valence electrons. The molecule has 0 aliphatic carbocycles. The van der Waals surface area contributed by atoms with E-state index >= 15 is 0 Å². The van der Waals surface area contributed by atoms with Crippen molar-refractivity contribution >= 4 is 0 Å². The van der Waals surface area contributed by atoms with Crippen molar-refractivity contribution in [1.82, 2.24) is 4.98 Å². The van der Waals surface area contributed by atoms with Gasteiger partial charge in [0.1, 0.15) is 0 Å². The Labute approximate surface area is 68.2 Å². The highest BCUT2D eigenvalue weighted by atomic mass is 16.5. The Bertz CT molecular complexity index is 181. The molecule has 2 nitrogen and oxygen atoms in total. The van der Waals surface area contributed by atoms with Gasteiger partial charge in [-0.3, -0.25) is 0 Å². The summed E-state index contributed by atoms with van der Waals surface area (Å²) < 4.78 is 4.86. The molecule has 0 saturated carbocycles. The van der Waals surface area contributed by atoms with E-state index in [1.54, 1.807) is 13.3 Å². The summed E-state index contributed by atoms with van der Waals surface area (Å²) in [7, 11) is 1.61. The van der Waals surface area contributed by atoms with Crippen LogP contribution < -0.4 is 4.74 Å². The maximum atomic E-state index is 4.86. The molecule has 0 radical (unpaired) electrons. The lowest BCUT2D eigenvalue weighted by atomic mass is 10.3. The highest BCUT2D eigenvalue weighted by molar-refractivity contribution is 5.15. The van der Waals surface area contributed by atoms with Gasteiger partial charge < -0.3 is 4.74 Å².